The van der Waals surface area contributed by atoms with Crippen LogP contribution in [0.1, 0.15) is 28.4 Å². The maximum absolute atomic E-state index is 13.1. The van der Waals surface area contributed by atoms with Gasteiger partial charge in [-0.05, 0) is 36.2 Å². The van der Waals surface area contributed by atoms with Crippen molar-refractivity contribution in [2.75, 3.05) is 33.3 Å². The summed E-state index contributed by atoms with van der Waals surface area (Å²) in [7, 11) is 1.55. The third-order valence-corrected chi connectivity index (χ3v) is 5.69. The van der Waals surface area contributed by atoms with E-state index in [0.717, 1.165) is 5.56 Å². The monoisotopic (exact) mass is 412 g/mol. The number of carbonyl (C=O) groups excluding carboxylic acids is 2. The fourth-order valence-electron chi connectivity index (χ4n) is 3.97. The summed E-state index contributed by atoms with van der Waals surface area (Å²) in [4.78, 5) is 29.3. The lowest BCUT2D eigenvalue weighted by molar-refractivity contribution is -0.134. The van der Waals surface area contributed by atoms with Crippen LogP contribution in [-0.4, -0.2) is 60.9 Å². The molecule has 0 saturated carbocycles. The normalized spacial score (nSPS) is 21.5. The number of ether oxygens (including phenoxy) is 1. The highest BCUT2D eigenvalue weighted by molar-refractivity contribution is 5.97. The van der Waals surface area contributed by atoms with Crippen LogP contribution in [0.4, 0.5) is 4.39 Å². The molecule has 2 aromatic rings. The van der Waals surface area contributed by atoms with Gasteiger partial charge in [-0.1, -0.05) is 24.3 Å². The second kappa shape index (κ2) is 8.81. The summed E-state index contributed by atoms with van der Waals surface area (Å²) in [6.07, 6.45) is 0.588. The summed E-state index contributed by atoms with van der Waals surface area (Å²) < 4.78 is 18.4. The van der Waals surface area contributed by atoms with Crippen molar-refractivity contribution in [2.45, 2.75) is 18.5 Å². The molecule has 8 heteroatoms. The number of amides is 2. The maximum atomic E-state index is 13.1. The molecule has 0 spiro atoms. The lowest BCUT2D eigenvalue weighted by Crippen LogP contribution is -2.54. The molecular weight excluding hydrogens is 387 g/mol. The zero-order valence-corrected chi connectivity index (χ0v) is 16.8. The standard InChI is InChI=1S/C22H25FN4O3/c1-30-20-5-3-2-4-17(20)21(28)26-10-12-27(13-11-26)22(29)19-14-18(24-25-19)15-6-8-16(23)9-7-15/h2-9,18-19,24-25H,10-14H2,1H3. The molecule has 0 aliphatic carbocycles. The van der Waals surface area contributed by atoms with E-state index in [2.05, 4.69) is 10.9 Å². The molecule has 2 aliphatic heterocycles. The smallest absolute Gasteiger partial charge is 0.257 e. The van der Waals surface area contributed by atoms with Crippen molar-refractivity contribution in [2.24, 2.45) is 0 Å². The van der Waals surface area contributed by atoms with Gasteiger partial charge in [-0.3, -0.25) is 9.59 Å². The zero-order valence-electron chi connectivity index (χ0n) is 16.8. The quantitative estimate of drug-likeness (QED) is 0.800. The predicted molar refractivity (Wildman–Crippen MR) is 109 cm³/mol. The molecule has 2 amide bonds. The number of carbonyl (C=O) groups is 2. The number of hydrogen-bond acceptors (Lipinski definition) is 5. The number of benzene rings is 2. The van der Waals surface area contributed by atoms with Gasteiger partial charge >= 0.3 is 0 Å². The molecule has 2 saturated heterocycles. The molecule has 30 heavy (non-hydrogen) atoms. The van der Waals surface area contributed by atoms with Gasteiger partial charge in [-0.2, -0.15) is 0 Å². The highest BCUT2D eigenvalue weighted by Crippen LogP contribution is 2.24. The van der Waals surface area contributed by atoms with E-state index in [9.17, 15) is 14.0 Å². The van der Waals surface area contributed by atoms with Crippen LogP contribution in [0.5, 0.6) is 5.75 Å². The zero-order chi connectivity index (χ0) is 21.1. The van der Waals surface area contributed by atoms with Crippen molar-refractivity contribution in [1.29, 1.82) is 0 Å². The second-order valence-electron chi connectivity index (χ2n) is 7.50. The summed E-state index contributed by atoms with van der Waals surface area (Å²) in [5.41, 5.74) is 7.65. The topological polar surface area (TPSA) is 73.9 Å². The molecule has 2 aromatic carbocycles. The van der Waals surface area contributed by atoms with E-state index in [-0.39, 0.29) is 29.7 Å². The van der Waals surface area contributed by atoms with E-state index in [4.69, 9.17) is 4.74 Å². The first-order valence-corrected chi connectivity index (χ1v) is 10.0. The predicted octanol–water partition coefficient (Wildman–Crippen LogP) is 1.73. The van der Waals surface area contributed by atoms with E-state index in [1.165, 1.54) is 12.1 Å². The Kier molecular flexibility index (Phi) is 5.96. The van der Waals surface area contributed by atoms with Gasteiger partial charge in [0.1, 0.15) is 17.6 Å². The minimum atomic E-state index is -0.350. The molecule has 2 heterocycles. The Morgan fingerprint density at radius 3 is 2.33 bits per heavy atom. The number of methoxy groups -OCH3 is 1. The molecule has 158 valence electrons. The molecule has 4 rings (SSSR count). The van der Waals surface area contributed by atoms with E-state index in [0.29, 0.717) is 43.9 Å². The molecule has 2 N–H and O–H groups in total. The fraction of sp³-hybridized carbons (Fsp3) is 0.364. The van der Waals surface area contributed by atoms with E-state index in [1.807, 2.05) is 12.1 Å². The average Bonchev–Trinajstić information content (AvgIpc) is 3.29. The van der Waals surface area contributed by atoms with Crippen LogP contribution in [0, 0.1) is 5.82 Å². The summed E-state index contributed by atoms with van der Waals surface area (Å²) in [5, 5.41) is 0. The molecule has 0 aromatic heterocycles. The van der Waals surface area contributed by atoms with Crippen molar-refractivity contribution in [3.05, 3.63) is 65.5 Å². The number of halogens is 1. The van der Waals surface area contributed by atoms with E-state index in [1.54, 1.807) is 41.2 Å². The average molecular weight is 412 g/mol. The lowest BCUT2D eigenvalue weighted by atomic mass is 10.0. The summed E-state index contributed by atoms with van der Waals surface area (Å²) in [5.74, 6) is 0.194. The minimum absolute atomic E-state index is 0.0107. The third kappa shape index (κ3) is 4.15. The molecular formula is C22H25FN4O3. The molecule has 7 nitrogen and oxygen atoms in total. The van der Waals surface area contributed by atoms with Crippen LogP contribution in [0.2, 0.25) is 0 Å². The Bertz CT molecular complexity index is 913. The third-order valence-electron chi connectivity index (χ3n) is 5.69. The van der Waals surface area contributed by atoms with Crippen LogP contribution >= 0.6 is 0 Å². The minimum Gasteiger partial charge on any atom is -0.496 e. The first kappa shape index (κ1) is 20.3. The van der Waals surface area contributed by atoms with Crippen molar-refractivity contribution in [1.82, 2.24) is 20.7 Å². The Morgan fingerprint density at radius 2 is 1.63 bits per heavy atom. The number of nitrogens with one attached hydrogen (secondary N) is 2. The molecule has 2 aliphatic rings. The van der Waals surface area contributed by atoms with Gasteiger partial charge in [0.15, 0.2) is 0 Å². The Labute approximate surface area is 174 Å². The SMILES string of the molecule is COc1ccccc1C(=O)N1CCN(C(=O)C2CC(c3ccc(F)cc3)NN2)CC1. The molecule has 2 unspecified atom stereocenters. The van der Waals surface area contributed by atoms with Gasteiger partial charge in [0.25, 0.3) is 5.91 Å². The number of hydrazine groups is 1. The molecule has 0 radical (unpaired) electrons. The first-order chi connectivity index (χ1) is 14.6. The van der Waals surface area contributed by atoms with Gasteiger partial charge in [0.2, 0.25) is 5.91 Å². The number of hydrogen-bond donors (Lipinski definition) is 2. The van der Waals surface area contributed by atoms with Gasteiger partial charge in [-0.15, -0.1) is 0 Å². The Hall–Kier alpha value is -2.97. The van der Waals surface area contributed by atoms with Crippen LogP contribution in [-0.2, 0) is 4.79 Å². The number of piperazine rings is 1. The van der Waals surface area contributed by atoms with Gasteiger partial charge in [0, 0.05) is 32.2 Å². The van der Waals surface area contributed by atoms with Gasteiger partial charge in [0.05, 0.1) is 12.7 Å². The van der Waals surface area contributed by atoms with Crippen molar-refractivity contribution >= 4 is 11.8 Å². The number of para-hydroxylation sites is 1. The van der Waals surface area contributed by atoms with Crippen LogP contribution < -0.4 is 15.6 Å². The van der Waals surface area contributed by atoms with E-state index < -0.39 is 0 Å². The summed E-state index contributed by atoms with van der Waals surface area (Å²) in [6.45, 7) is 1.92. The van der Waals surface area contributed by atoms with Crippen LogP contribution in [0.25, 0.3) is 0 Å². The molecule has 0 bridgehead atoms. The highest BCUT2D eigenvalue weighted by Gasteiger charge is 2.35. The van der Waals surface area contributed by atoms with Gasteiger partial charge < -0.3 is 14.5 Å². The summed E-state index contributed by atoms with van der Waals surface area (Å²) in [6, 6.07) is 13.1. The fourth-order valence-corrected chi connectivity index (χ4v) is 3.97. The lowest BCUT2D eigenvalue weighted by Gasteiger charge is -2.36. The van der Waals surface area contributed by atoms with Crippen molar-refractivity contribution in [3.8, 4) is 5.75 Å². The maximum Gasteiger partial charge on any atom is 0.257 e. The Balaban J connectivity index is 1.32. The van der Waals surface area contributed by atoms with Crippen LogP contribution in [0.3, 0.4) is 0 Å². The van der Waals surface area contributed by atoms with Crippen molar-refractivity contribution < 1.29 is 18.7 Å². The Morgan fingerprint density at radius 1 is 0.967 bits per heavy atom. The molecule has 2 atom stereocenters. The number of nitrogens with zero attached hydrogens (tertiary/aromatic N) is 2. The largest absolute Gasteiger partial charge is 0.496 e. The van der Waals surface area contributed by atoms with Crippen LogP contribution in [0.15, 0.2) is 48.5 Å². The number of rotatable bonds is 4. The van der Waals surface area contributed by atoms with E-state index >= 15 is 0 Å². The highest BCUT2D eigenvalue weighted by atomic mass is 19.1. The summed E-state index contributed by atoms with van der Waals surface area (Å²) >= 11 is 0. The van der Waals surface area contributed by atoms with Crippen molar-refractivity contribution in [3.63, 3.8) is 0 Å². The molecule has 2 fully saturated rings. The first-order valence-electron chi connectivity index (χ1n) is 10.0. The van der Waals surface area contributed by atoms with Gasteiger partial charge in [-0.25, -0.2) is 15.2 Å². The second-order valence-corrected chi connectivity index (χ2v) is 7.50.